The molecule has 3 aromatic rings. The molecule has 1 fully saturated rings. The van der Waals surface area contributed by atoms with Crippen LogP contribution in [-0.2, 0) is 0 Å². The van der Waals surface area contributed by atoms with Crippen molar-refractivity contribution in [2.75, 3.05) is 0 Å². The molecule has 0 radical (unpaired) electrons. The van der Waals surface area contributed by atoms with E-state index in [1.54, 1.807) is 0 Å². The molecular weight excluding hydrogens is 360 g/mol. The molecule has 27 heavy (non-hydrogen) atoms. The standard InChI is InChI=1S/C21H23ClN4O/c1-14-3-12-20(23-13-14)27-19-10-4-16(5-11-19)21-25-24-15(2)26(21)18-8-6-17(22)7-9-18/h3,6-9,12-13,16,19H,4-5,10-11H2,1-2H3. The zero-order valence-corrected chi connectivity index (χ0v) is 16.4. The summed E-state index contributed by atoms with van der Waals surface area (Å²) in [5.74, 6) is 3.02. The highest BCUT2D eigenvalue weighted by molar-refractivity contribution is 6.30. The van der Waals surface area contributed by atoms with Crippen molar-refractivity contribution in [1.82, 2.24) is 19.7 Å². The molecule has 2 aromatic heterocycles. The van der Waals surface area contributed by atoms with E-state index in [0.29, 0.717) is 11.8 Å². The van der Waals surface area contributed by atoms with Crippen molar-refractivity contribution < 1.29 is 4.74 Å². The van der Waals surface area contributed by atoms with E-state index < -0.39 is 0 Å². The first-order chi connectivity index (χ1) is 13.1. The van der Waals surface area contributed by atoms with E-state index >= 15 is 0 Å². The van der Waals surface area contributed by atoms with Gasteiger partial charge in [-0.2, -0.15) is 0 Å². The lowest BCUT2D eigenvalue weighted by atomic mass is 9.86. The average molecular weight is 383 g/mol. The van der Waals surface area contributed by atoms with Crippen LogP contribution in [-0.4, -0.2) is 25.9 Å². The van der Waals surface area contributed by atoms with E-state index in [0.717, 1.165) is 53.6 Å². The first-order valence-electron chi connectivity index (χ1n) is 9.37. The molecule has 2 heterocycles. The molecule has 6 heteroatoms. The van der Waals surface area contributed by atoms with Crippen LogP contribution in [0.4, 0.5) is 0 Å². The summed E-state index contributed by atoms with van der Waals surface area (Å²) >= 11 is 6.03. The number of pyridine rings is 1. The highest BCUT2D eigenvalue weighted by atomic mass is 35.5. The average Bonchev–Trinajstić information content (AvgIpc) is 3.06. The van der Waals surface area contributed by atoms with E-state index in [1.165, 1.54) is 0 Å². The summed E-state index contributed by atoms with van der Waals surface area (Å²) in [7, 11) is 0. The molecule has 0 atom stereocenters. The van der Waals surface area contributed by atoms with E-state index in [9.17, 15) is 0 Å². The quantitative estimate of drug-likeness (QED) is 0.634. The molecule has 0 spiro atoms. The molecule has 4 rings (SSSR count). The van der Waals surface area contributed by atoms with Crippen LogP contribution in [0.15, 0.2) is 42.6 Å². The Morgan fingerprint density at radius 2 is 1.70 bits per heavy atom. The van der Waals surface area contributed by atoms with Crippen LogP contribution in [0.1, 0.15) is 48.8 Å². The molecule has 1 saturated carbocycles. The van der Waals surface area contributed by atoms with Gasteiger partial charge < -0.3 is 4.74 Å². The molecule has 1 aliphatic rings. The predicted octanol–water partition coefficient (Wildman–Crippen LogP) is 5.04. The van der Waals surface area contributed by atoms with Crippen molar-refractivity contribution in [3.05, 3.63) is 64.8 Å². The van der Waals surface area contributed by atoms with Gasteiger partial charge in [0.05, 0.1) is 0 Å². The molecule has 0 aliphatic heterocycles. The summed E-state index contributed by atoms with van der Waals surface area (Å²) in [5, 5.41) is 9.54. The minimum Gasteiger partial charge on any atom is -0.474 e. The number of ether oxygens (including phenoxy) is 1. The largest absolute Gasteiger partial charge is 0.474 e. The summed E-state index contributed by atoms with van der Waals surface area (Å²) in [6.07, 6.45) is 6.10. The number of benzene rings is 1. The molecule has 0 bridgehead atoms. The van der Waals surface area contributed by atoms with Gasteiger partial charge in [0.25, 0.3) is 0 Å². The lowest BCUT2D eigenvalue weighted by Crippen LogP contribution is -2.25. The normalized spacial score (nSPS) is 19.8. The third-order valence-corrected chi connectivity index (χ3v) is 5.40. The second kappa shape index (κ2) is 7.69. The fourth-order valence-corrected chi connectivity index (χ4v) is 3.81. The zero-order valence-electron chi connectivity index (χ0n) is 15.6. The number of aryl methyl sites for hydroxylation is 2. The lowest BCUT2D eigenvalue weighted by molar-refractivity contribution is 0.139. The van der Waals surface area contributed by atoms with Crippen molar-refractivity contribution in [2.45, 2.75) is 51.6 Å². The van der Waals surface area contributed by atoms with Crippen molar-refractivity contribution in [3.63, 3.8) is 0 Å². The Balaban J connectivity index is 1.45. The minimum absolute atomic E-state index is 0.212. The number of halogens is 1. The van der Waals surface area contributed by atoms with Crippen LogP contribution in [0.3, 0.4) is 0 Å². The fraction of sp³-hybridized carbons (Fsp3) is 0.381. The Kier molecular flexibility index (Phi) is 5.12. The molecule has 1 aromatic carbocycles. The van der Waals surface area contributed by atoms with Crippen molar-refractivity contribution >= 4 is 11.6 Å². The van der Waals surface area contributed by atoms with Crippen molar-refractivity contribution in [1.29, 1.82) is 0 Å². The summed E-state index contributed by atoms with van der Waals surface area (Å²) < 4.78 is 8.20. The fourth-order valence-electron chi connectivity index (χ4n) is 3.69. The molecule has 5 nitrogen and oxygen atoms in total. The molecule has 0 N–H and O–H groups in total. The zero-order chi connectivity index (χ0) is 18.8. The van der Waals surface area contributed by atoms with Gasteiger partial charge >= 0.3 is 0 Å². The summed E-state index contributed by atoms with van der Waals surface area (Å²) in [6.45, 7) is 4.02. The third-order valence-electron chi connectivity index (χ3n) is 5.15. The van der Waals surface area contributed by atoms with E-state index in [4.69, 9.17) is 16.3 Å². The topological polar surface area (TPSA) is 52.8 Å². The SMILES string of the molecule is Cc1ccc(OC2CCC(c3nnc(C)n3-c3ccc(Cl)cc3)CC2)nc1. The van der Waals surface area contributed by atoms with Gasteiger partial charge in [0.1, 0.15) is 17.8 Å². The van der Waals surface area contributed by atoms with Crippen LogP contribution in [0.25, 0.3) is 5.69 Å². The second-order valence-corrected chi connectivity index (χ2v) is 7.62. The number of rotatable bonds is 4. The van der Waals surface area contributed by atoms with Gasteiger partial charge in [0, 0.05) is 28.9 Å². The van der Waals surface area contributed by atoms with Gasteiger partial charge in [-0.1, -0.05) is 17.7 Å². The monoisotopic (exact) mass is 382 g/mol. The molecule has 0 amide bonds. The van der Waals surface area contributed by atoms with Crippen LogP contribution < -0.4 is 4.74 Å². The molecule has 0 unspecified atom stereocenters. The van der Waals surface area contributed by atoms with Crippen LogP contribution in [0.2, 0.25) is 5.02 Å². The van der Waals surface area contributed by atoms with Crippen LogP contribution >= 0.6 is 11.6 Å². The smallest absolute Gasteiger partial charge is 0.213 e. The number of aromatic nitrogens is 4. The number of hydrogen-bond acceptors (Lipinski definition) is 4. The summed E-state index contributed by atoms with van der Waals surface area (Å²) in [6, 6.07) is 11.8. The molecular formula is C21H23ClN4O. The highest BCUT2D eigenvalue weighted by Crippen LogP contribution is 2.35. The number of nitrogens with zero attached hydrogens (tertiary/aromatic N) is 4. The maximum Gasteiger partial charge on any atom is 0.213 e. The van der Waals surface area contributed by atoms with Gasteiger partial charge in [-0.3, -0.25) is 4.57 Å². The third kappa shape index (κ3) is 3.98. The Bertz CT molecular complexity index is 897. The first kappa shape index (κ1) is 18.0. The Hall–Kier alpha value is -2.40. The van der Waals surface area contributed by atoms with E-state index in [1.807, 2.05) is 56.4 Å². The van der Waals surface area contributed by atoms with Gasteiger partial charge in [0.15, 0.2) is 0 Å². The lowest BCUT2D eigenvalue weighted by Gasteiger charge is -2.28. The molecule has 1 aliphatic carbocycles. The summed E-state index contributed by atoms with van der Waals surface area (Å²) in [5.41, 5.74) is 2.20. The maximum absolute atomic E-state index is 6.06. The highest BCUT2D eigenvalue weighted by Gasteiger charge is 2.28. The van der Waals surface area contributed by atoms with Gasteiger partial charge in [-0.05, 0) is 69.4 Å². The van der Waals surface area contributed by atoms with Gasteiger partial charge in [0.2, 0.25) is 5.88 Å². The predicted molar refractivity (Wildman–Crippen MR) is 106 cm³/mol. The first-order valence-corrected chi connectivity index (χ1v) is 9.75. The van der Waals surface area contributed by atoms with Gasteiger partial charge in [-0.15, -0.1) is 10.2 Å². The van der Waals surface area contributed by atoms with Gasteiger partial charge in [-0.25, -0.2) is 4.98 Å². The van der Waals surface area contributed by atoms with Crippen LogP contribution in [0, 0.1) is 13.8 Å². The molecule has 140 valence electrons. The van der Waals surface area contributed by atoms with Crippen LogP contribution in [0.5, 0.6) is 5.88 Å². The van der Waals surface area contributed by atoms with E-state index in [2.05, 4.69) is 19.7 Å². The minimum atomic E-state index is 0.212. The Morgan fingerprint density at radius 3 is 2.37 bits per heavy atom. The van der Waals surface area contributed by atoms with Crippen molar-refractivity contribution in [3.8, 4) is 11.6 Å². The summed E-state index contributed by atoms with van der Waals surface area (Å²) in [4.78, 5) is 4.35. The second-order valence-electron chi connectivity index (χ2n) is 7.18. The van der Waals surface area contributed by atoms with E-state index in [-0.39, 0.29) is 6.10 Å². The molecule has 0 saturated heterocycles. The number of hydrogen-bond donors (Lipinski definition) is 0. The Labute approximate surface area is 164 Å². The van der Waals surface area contributed by atoms with Crippen molar-refractivity contribution in [2.24, 2.45) is 0 Å². The Morgan fingerprint density at radius 1 is 0.963 bits per heavy atom. The maximum atomic E-state index is 6.06.